The monoisotopic (exact) mass is 605 g/mol. The molecule has 0 fully saturated rings. The van der Waals surface area contributed by atoms with E-state index in [1.54, 1.807) is 36.1 Å². The standard InChI is InChI=1S/C30H34F3N3O5S/c1-20-16-36(21(2)19-37)29(38)26-15-24(34-42(39,40)25-7-5-4-6-8-25)13-14-27(26)41-28(20)18-35(3)17-22-9-11-23(12-10-22)30(31,32)33/h4-15,20-21,28,34,37H,16-19H2,1-3H3/t20-,21+,28-/m0/s1. The Morgan fingerprint density at radius 2 is 1.76 bits per heavy atom. The minimum Gasteiger partial charge on any atom is -0.488 e. The van der Waals surface area contributed by atoms with Gasteiger partial charge in [0.2, 0.25) is 0 Å². The quantitative estimate of drug-likeness (QED) is 0.362. The Morgan fingerprint density at radius 3 is 2.38 bits per heavy atom. The number of ether oxygens (including phenoxy) is 1. The predicted octanol–water partition coefficient (Wildman–Crippen LogP) is 4.86. The van der Waals surface area contributed by atoms with Crippen molar-refractivity contribution in [3.8, 4) is 5.75 Å². The highest BCUT2D eigenvalue weighted by Gasteiger charge is 2.34. The third-order valence-electron chi connectivity index (χ3n) is 7.20. The van der Waals surface area contributed by atoms with Crippen molar-refractivity contribution in [2.45, 2.75) is 43.6 Å². The van der Waals surface area contributed by atoms with Gasteiger partial charge in [0.25, 0.3) is 15.9 Å². The van der Waals surface area contributed by atoms with Crippen molar-refractivity contribution in [3.05, 3.63) is 89.5 Å². The van der Waals surface area contributed by atoms with Gasteiger partial charge in [-0.25, -0.2) is 8.42 Å². The maximum atomic E-state index is 13.7. The minimum absolute atomic E-state index is 0.0693. The number of likely N-dealkylation sites (N-methyl/N-ethyl adjacent to an activating group) is 1. The average molecular weight is 606 g/mol. The summed E-state index contributed by atoms with van der Waals surface area (Å²) in [5.74, 6) is -0.324. The van der Waals surface area contributed by atoms with E-state index >= 15 is 0 Å². The van der Waals surface area contributed by atoms with Crippen molar-refractivity contribution in [1.29, 1.82) is 0 Å². The van der Waals surface area contributed by atoms with Gasteiger partial charge in [0.1, 0.15) is 11.9 Å². The first-order valence-corrected chi connectivity index (χ1v) is 14.9. The first-order valence-electron chi connectivity index (χ1n) is 13.4. The van der Waals surface area contributed by atoms with Crippen LogP contribution in [-0.2, 0) is 22.7 Å². The summed E-state index contributed by atoms with van der Waals surface area (Å²) in [5.41, 5.74) is 0.308. The van der Waals surface area contributed by atoms with Crippen molar-refractivity contribution in [3.63, 3.8) is 0 Å². The predicted molar refractivity (Wildman–Crippen MR) is 153 cm³/mol. The van der Waals surface area contributed by atoms with Crippen molar-refractivity contribution in [2.75, 3.05) is 31.5 Å². The fourth-order valence-electron chi connectivity index (χ4n) is 4.80. The van der Waals surface area contributed by atoms with Gasteiger partial charge >= 0.3 is 6.18 Å². The molecule has 1 amide bonds. The molecule has 0 bridgehead atoms. The summed E-state index contributed by atoms with van der Waals surface area (Å²) in [6.07, 6.45) is -4.84. The molecule has 0 saturated carbocycles. The van der Waals surface area contributed by atoms with E-state index in [0.717, 1.165) is 12.1 Å². The van der Waals surface area contributed by atoms with Gasteiger partial charge in [-0.15, -0.1) is 0 Å². The molecule has 4 rings (SSSR count). The summed E-state index contributed by atoms with van der Waals surface area (Å²) in [4.78, 5) is 17.2. The van der Waals surface area contributed by atoms with Gasteiger partial charge in [-0.05, 0) is 62.0 Å². The van der Waals surface area contributed by atoms with E-state index in [1.165, 1.54) is 36.4 Å². The Bertz CT molecular complexity index is 1480. The van der Waals surface area contributed by atoms with E-state index in [4.69, 9.17) is 4.74 Å². The van der Waals surface area contributed by atoms with Crippen LogP contribution in [0.15, 0.2) is 77.7 Å². The van der Waals surface area contributed by atoms with Gasteiger partial charge in [0.15, 0.2) is 0 Å². The number of hydrogen-bond acceptors (Lipinski definition) is 6. The Kier molecular flexibility index (Phi) is 9.49. The van der Waals surface area contributed by atoms with Gasteiger partial charge < -0.3 is 14.7 Å². The smallest absolute Gasteiger partial charge is 0.416 e. The van der Waals surface area contributed by atoms with Gasteiger partial charge in [0.05, 0.1) is 28.7 Å². The number of hydrogen-bond donors (Lipinski definition) is 2. The fourth-order valence-corrected chi connectivity index (χ4v) is 5.87. The zero-order chi connectivity index (χ0) is 30.7. The Hall–Kier alpha value is -3.61. The number of aliphatic hydroxyl groups is 1. The summed E-state index contributed by atoms with van der Waals surface area (Å²) in [7, 11) is -2.08. The second kappa shape index (κ2) is 12.7. The summed E-state index contributed by atoms with van der Waals surface area (Å²) in [6.45, 7) is 4.40. The third-order valence-corrected chi connectivity index (χ3v) is 8.59. The highest BCUT2D eigenvalue weighted by Crippen LogP contribution is 2.32. The van der Waals surface area contributed by atoms with E-state index in [9.17, 15) is 31.5 Å². The molecular formula is C30H34F3N3O5S. The van der Waals surface area contributed by atoms with Gasteiger partial charge in [-0.3, -0.25) is 14.4 Å². The summed E-state index contributed by atoms with van der Waals surface area (Å²) >= 11 is 0. The number of alkyl halides is 3. The molecule has 3 aromatic rings. The first kappa shape index (κ1) is 31.3. The minimum atomic E-state index is -4.41. The first-order chi connectivity index (χ1) is 19.8. The molecule has 226 valence electrons. The van der Waals surface area contributed by atoms with Gasteiger partial charge in [0, 0.05) is 31.2 Å². The number of benzene rings is 3. The zero-order valence-corrected chi connectivity index (χ0v) is 24.3. The summed E-state index contributed by atoms with van der Waals surface area (Å²) in [6, 6.07) is 16.8. The molecule has 0 radical (unpaired) electrons. The largest absolute Gasteiger partial charge is 0.488 e. The molecule has 0 saturated heterocycles. The maximum Gasteiger partial charge on any atom is 0.416 e. The van der Waals surface area contributed by atoms with Gasteiger partial charge in [-0.2, -0.15) is 13.2 Å². The number of fused-ring (bicyclic) bond motifs is 1. The Morgan fingerprint density at radius 1 is 1.10 bits per heavy atom. The normalized spacial score (nSPS) is 18.6. The van der Waals surface area contributed by atoms with Crippen LogP contribution >= 0.6 is 0 Å². The van der Waals surface area contributed by atoms with Crippen LogP contribution in [0.2, 0.25) is 0 Å². The number of nitrogens with zero attached hydrogens (tertiary/aromatic N) is 2. The van der Waals surface area contributed by atoms with Crippen LogP contribution in [0.4, 0.5) is 18.9 Å². The van der Waals surface area contributed by atoms with E-state index in [0.29, 0.717) is 18.7 Å². The SMILES string of the molecule is C[C@H](CO)N1C[C@H](C)[C@H](CN(C)Cc2ccc(C(F)(F)F)cc2)Oc2ccc(NS(=O)(=O)c3ccccc3)cc2C1=O. The lowest BCUT2D eigenvalue weighted by Crippen LogP contribution is -2.49. The molecule has 8 nitrogen and oxygen atoms in total. The lowest BCUT2D eigenvalue weighted by Gasteiger charge is -2.38. The molecule has 0 aromatic heterocycles. The second-order valence-corrected chi connectivity index (χ2v) is 12.3. The van der Waals surface area contributed by atoms with Crippen LogP contribution in [0.3, 0.4) is 0 Å². The number of aliphatic hydroxyl groups excluding tert-OH is 1. The van der Waals surface area contributed by atoms with Crippen molar-refractivity contribution in [2.24, 2.45) is 5.92 Å². The highest BCUT2D eigenvalue weighted by atomic mass is 32.2. The van der Waals surface area contributed by atoms with Crippen molar-refractivity contribution >= 4 is 21.6 Å². The number of anilines is 1. The molecule has 12 heteroatoms. The molecule has 1 heterocycles. The zero-order valence-electron chi connectivity index (χ0n) is 23.5. The van der Waals surface area contributed by atoms with E-state index in [2.05, 4.69) is 4.72 Å². The highest BCUT2D eigenvalue weighted by molar-refractivity contribution is 7.92. The maximum absolute atomic E-state index is 13.7. The number of halogens is 3. The molecular weight excluding hydrogens is 571 g/mol. The number of sulfonamides is 1. The Labute approximate surface area is 243 Å². The van der Waals surface area contributed by atoms with Crippen LogP contribution in [0.25, 0.3) is 0 Å². The number of amides is 1. The molecule has 0 aliphatic carbocycles. The fraction of sp³-hybridized carbons (Fsp3) is 0.367. The van der Waals surface area contributed by atoms with Crippen molar-refractivity contribution < 1.29 is 36.2 Å². The molecule has 2 N–H and O–H groups in total. The topological polar surface area (TPSA) is 99.2 Å². The molecule has 0 spiro atoms. The molecule has 3 atom stereocenters. The van der Waals surface area contributed by atoms with Crippen LogP contribution in [0, 0.1) is 5.92 Å². The van der Waals surface area contributed by atoms with Gasteiger partial charge in [-0.1, -0.05) is 37.3 Å². The summed E-state index contributed by atoms with van der Waals surface area (Å²) < 4.78 is 73.5. The lowest BCUT2D eigenvalue weighted by molar-refractivity contribution is -0.137. The average Bonchev–Trinajstić information content (AvgIpc) is 2.95. The van der Waals surface area contributed by atoms with Crippen LogP contribution < -0.4 is 9.46 Å². The molecule has 1 aliphatic rings. The third kappa shape index (κ3) is 7.42. The number of carbonyl (C=O) groups is 1. The van der Waals surface area contributed by atoms with Crippen LogP contribution in [-0.4, -0.2) is 68.1 Å². The van der Waals surface area contributed by atoms with Crippen LogP contribution in [0.5, 0.6) is 5.75 Å². The molecule has 42 heavy (non-hydrogen) atoms. The van der Waals surface area contributed by atoms with Crippen molar-refractivity contribution in [1.82, 2.24) is 9.80 Å². The molecule has 3 aromatic carbocycles. The van der Waals surface area contributed by atoms with Crippen LogP contribution in [0.1, 0.15) is 35.3 Å². The lowest BCUT2D eigenvalue weighted by atomic mass is 9.99. The molecule has 0 unspecified atom stereocenters. The summed E-state index contributed by atoms with van der Waals surface area (Å²) in [5, 5.41) is 9.88. The second-order valence-electron chi connectivity index (χ2n) is 10.6. The molecule has 1 aliphatic heterocycles. The number of carbonyl (C=O) groups excluding carboxylic acids is 1. The Balaban J connectivity index is 1.59. The van der Waals surface area contributed by atoms with E-state index in [-0.39, 0.29) is 41.0 Å². The van der Waals surface area contributed by atoms with E-state index < -0.39 is 39.8 Å². The number of rotatable bonds is 9. The van der Waals surface area contributed by atoms with E-state index in [1.807, 2.05) is 18.9 Å². The number of nitrogens with one attached hydrogen (secondary N) is 1.